The first-order valence-electron chi connectivity index (χ1n) is 13.0. The van der Waals surface area contributed by atoms with Crippen LogP contribution in [0.1, 0.15) is 24.2 Å². The van der Waals surface area contributed by atoms with Crippen molar-refractivity contribution >= 4 is 44.7 Å². The molecule has 2 aromatic carbocycles. The number of ether oxygens (including phenoxy) is 2. The molecule has 1 aliphatic heterocycles. The van der Waals surface area contributed by atoms with Gasteiger partial charge in [-0.3, -0.25) is 4.79 Å². The summed E-state index contributed by atoms with van der Waals surface area (Å²) in [4.78, 5) is 27.9. The number of aliphatic hydroxyl groups is 1. The Balaban J connectivity index is 1.59. The van der Waals surface area contributed by atoms with E-state index in [4.69, 9.17) is 9.47 Å². The third-order valence-electron chi connectivity index (χ3n) is 6.87. The Morgan fingerprint density at radius 2 is 1.88 bits per heavy atom. The van der Waals surface area contributed by atoms with Crippen LogP contribution in [-0.4, -0.2) is 80.7 Å². The molecule has 4 rings (SSSR count). The number of carbonyl (C=O) groups excluding carboxylic acids is 2. The number of amides is 3. The van der Waals surface area contributed by atoms with Gasteiger partial charge in [-0.2, -0.15) is 4.31 Å². The third kappa shape index (κ3) is 6.99. The van der Waals surface area contributed by atoms with Crippen LogP contribution in [0, 0.1) is 5.92 Å². The summed E-state index contributed by atoms with van der Waals surface area (Å²) in [7, 11) is -0.671. The Hall–Kier alpha value is -3.65. The summed E-state index contributed by atoms with van der Waals surface area (Å²) in [5.74, 6) is 0.270. The lowest BCUT2D eigenvalue weighted by molar-refractivity contribution is 0.0387. The number of sulfonamides is 1. The molecule has 3 atom stereocenters. The molecule has 13 heteroatoms. The van der Waals surface area contributed by atoms with Crippen molar-refractivity contribution in [2.24, 2.45) is 5.92 Å². The summed E-state index contributed by atoms with van der Waals surface area (Å²) in [5, 5.41) is 17.0. The number of hydrogen-bond acceptors (Lipinski definition) is 8. The van der Waals surface area contributed by atoms with Crippen molar-refractivity contribution in [1.29, 1.82) is 0 Å². The molecule has 1 aliphatic rings. The van der Waals surface area contributed by atoms with Gasteiger partial charge in [0.1, 0.15) is 21.8 Å². The van der Waals surface area contributed by atoms with Gasteiger partial charge in [-0.25, -0.2) is 13.2 Å². The van der Waals surface area contributed by atoms with E-state index in [-0.39, 0.29) is 47.0 Å². The van der Waals surface area contributed by atoms with E-state index in [1.54, 1.807) is 72.8 Å². The number of likely N-dealkylation sites (N-methyl/N-ethyl adjacent to an activating group) is 1. The molecule has 3 N–H and O–H groups in total. The maximum absolute atomic E-state index is 13.7. The fourth-order valence-corrected chi connectivity index (χ4v) is 6.79. The van der Waals surface area contributed by atoms with Gasteiger partial charge in [0.2, 0.25) is 0 Å². The number of aliphatic hydroxyl groups excluding tert-OH is 1. The second-order valence-corrected chi connectivity index (χ2v) is 13.1. The molecule has 2 heterocycles. The highest BCUT2D eigenvalue weighted by Gasteiger charge is 2.35. The minimum absolute atomic E-state index is 0.0423. The number of anilines is 2. The summed E-state index contributed by atoms with van der Waals surface area (Å²) in [6.45, 7) is 3.63. The number of carbonyl (C=O) groups is 2. The summed E-state index contributed by atoms with van der Waals surface area (Å²) in [6.07, 6.45) is -0.604. The van der Waals surface area contributed by atoms with Gasteiger partial charge in [0, 0.05) is 30.9 Å². The van der Waals surface area contributed by atoms with Crippen LogP contribution in [0.2, 0.25) is 0 Å². The van der Waals surface area contributed by atoms with Gasteiger partial charge in [-0.1, -0.05) is 13.0 Å². The fraction of sp³-hybridized carbons (Fsp3) is 0.357. The number of hydrogen-bond donors (Lipinski definition) is 3. The second kappa shape index (κ2) is 12.9. The smallest absolute Gasteiger partial charge is 0.323 e. The van der Waals surface area contributed by atoms with Crippen LogP contribution >= 0.6 is 11.3 Å². The van der Waals surface area contributed by atoms with Gasteiger partial charge in [0.05, 0.1) is 31.9 Å². The van der Waals surface area contributed by atoms with E-state index in [1.165, 1.54) is 17.4 Å². The van der Waals surface area contributed by atoms with Crippen molar-refractivity contribution in [2.45, 2.75) is 30.2 Å². The molecule has 0 saturated carbocycles. The van der Waals surface area contributed by atoms with Gasteiger partial charge < -0.3 is 30.1 Å². The molecule has 11 nitrogen and oxygen atoms in total. The largest absolute Gasteiger partial charge is 0.497 e. The van der Waals surface area contributed by atoms with Crippen LogP contribution in [0.25, 0.3) is 0 Å². The van der Waals surface area contributed by atoms with Gasteiger partial charge in [0.15, 0.2) is 0 Å². The van der Waals surface area contributed by atoms with E-state index in [2.05, 4.69) is 10.6 Å². The molecule has 3 aromatic rings. The van der Waals surface area contributed by atoms with E-state index in [9.17, 15) is 23.1 Å². The zero-order valence-electron chi connectivity index (χ0n) is 23.2. The van der Waals surface area contributed by atoms with Crippen LogP contribution in [0.5, 0.6) is 11.5 Å². The van der Waals surface area contributed by atoms with E-state index in [0.29, 0.717) is 17.1 Å². The second-order valence-electron chi connectivity index (χ2n) is 9.86. The molecule has 0 saturated heterocycles. The predicted molar refractivity (Wildman–Crippen MR) is 157 cm³/mol. The van der Waals surface area contributed by atoms with Crippen molar-refractivity contribution in [3.8, 4) is 11.5 Å². The number of rotatable bonds is 9. The quantitative estimate of drug-likeness (QED) is 0.337. The Kier molecular flexibility index (Phi) is 9.53. The average Bonchev–Trinajstić information content (AvgIpc) is 3.51. The molecule has 220 valence electrons. The SMILES string of the molecule is COc1ccc(NC(=O)Nc2ccc3c(c2)C(=O)N([C@H](C)CO)C[C@H](C)[C@H](CN(C)S(=O)(=O)c2cccs2)O3)cc1. The molecule has 0 bridgehead atoms. The molecule has 0 fully saturated rings. The number of urea groups is 1. The van der Waals surface area contributed by atoms with Crippen molar-refractivity contribution in [2.75, 3.05) is 44.5 Å². The van der Waals surface area contributed by atoms with E-state index < -0.39 is 28.2 Å². The summed E-state index contributed by atoms with van der Waals surface area (Å²) in [6, 6.07) is 13.7. The monoisotopic (exact) mass is 602 g/mol. The predicted octanol–water partition coefficient (Wildman–Crippen LogP) is 3.94. The number of benzene rings is 2. The van der Waals surface area contributed by atoms with Gasteiger partial charge in [-0.05, 0) is 60.8 Å². The van der Waals surface area contributed by atoms with Crippen LogP contribution in [0.15, 0.2) is 64.2 Å². The zero-order valence-corrected chi connectivity index (χ0v) is 24.9. The van der Waals surface area contributed by atoms with Crippen LogP contribution in [0.4, 0.5) is 16.2 Å². The van der Waals surface area contributed by atoms with Crippen molar-refractivity contribution < 1.29 is 32.6 Å². The number of nitrogens with one attached hydrogen (secondary N) is 2. The lowest BCUT2D eigenvalue weighted by Gasteiger charge is -2.38. The summed E-state index contributed by atoms with van der Waals surface area (Å²) in [5.41, 5.74) is 1.09. The topological polar surface area (TPSA) is 138 Å². The molecule has 0 unspecified atom stereocenters. The zero-order chi connectivity index (χ0) is 29.7. The minimum atomic E-state index is -3.72. The molecule has 1 aromatic heterocycles. The van der Waals surface area contributed by atoms with E-state index in [0.717, 1.165) is 11.3 Å². The van der Waals surface area contributed by atoms with Crippen molar-refractivity contribution in [3.05, 3.63) is 65.5 Å². The minimum Gasteiger partial charge on any atom is -0.497 e. The van der Waals surface area contributed by atoms with Crippen molar-refractivity contribution in [3.63, 3.8) is 0 Å². The first-order chi connectivity index (χ1) is 19.5. The highest BCUT2D eigenvalue weighted by molar-refractivity contribution is 7.91. The molecule has 0 radical (unpaired) electrons. The molecular formula is C28H34N4O7S2. The first kappa shape index (κ1) is 30.3. The Morgan fingerprint density at radius 1 is 1.20 bits per heavy atom. The number of fused-ring (bicyclic) bond motifs is 1. The van der Waals surface area contributed by atoms with Crippen LogP contribution < -0.4 is 20.1 Å². The maximum Gasteiger partial charge on any atom is 0.323 e. The third-order valence-corrected chi connectivity index (χ3v) is 10.1. The molecular weight excluding hydrogens is 568 g/mol. The molecule has 0 spiro atoms. The van der Waals surface area contributed by atoms with Crippen LogP contribution in [-0.2, 0) is 10.0 Å². The lowest BCUT2D eigenvalue weighted by Crippen LogP contribution is -2.50. The van der Waals surface area contributed by atoms with Gasteiger partial charge in [0.25, 0.3) is 15.9 Å². The highest BCUT2D eigenvalue weighted by Crippen LogP contribution is 2.31. The number of thiophene rings is 1. The molecule has 41 heavy (non-hydrogen) atoms. The number of methoxy groups -OCH3 is 1. The number of nitrogens with zero attached hydrogens (tertiary/aromatic N) is 2. The van der Waals surface area contributed by atoms with E-state index >= 15 is 0 Å². The molecule has 0 aliphatic carbocycles. The Bertz CT molecular complexity index is 1460. The van der Waals surface area contributed by atoms with E-state index in [1.807, 2.05) is 6.92 Å². The van der Waals surface area contributed by atoms with Gasteiger partial charge >= 0.3 is 6.03 Å². The summed E-state index contributed by atoms with van der Waals surface area (Å²) < 4.78 is 39.1. The standard InChI is InChI=1S/C28H34N4O7S2/c1-18-15-32(19(2)17-33)27(34)23-14-21(30-28(35)29-20-7-10-22(38-4)11-8-20)9-12-24(23)39-25(18)16-31(3)41(36,37)26-6-5-13-40-26/h5-14,18-19,25,33H,15-17H2,1-4H3,(H2,29,30,35)/t18-,19+,25-/m0/s1. The normalized spacial score (nSPS) is 18.1. The lowest BCUT2D eigenvalue weighted by atomic mass is 9.99. The van der Waals surface area contributed by atoms with Crippen molar-refractivity contribution in [1.82, 2.24) is 9.21 Å². The highest BCUT2D eigenvalue weighted by atomic mass is 32.2. The molecule has 3 amide bonds. The Labute approximate surface area is 243 Å². The summed E-state index contributed by atoms with van der Waals surface area (Å²) >= 11 is 1.14. The van der Waals surface area contributed by atoms with Gasteiger partial charge in [-0.15, -0.1) is 11.3 Å². The fourth-order valence-electron chi connectivity index (χ4n) is 4.40. The Morgan fingerprint density at radius 3 is 2.51 bits per heavy atom. The first-order valence-corrected chi connectivity index (χ1v) is 15.3. The maximum atomic E-state index is 13.7. The average molecular weight is 603 g/mol. The van der Waals surface area contributed by atoms with Crippen LogP contribution in [0.3, 0.4) is 0 Å².